The monoisotopic (exact) mass is 927 g/mol. The molecule has 0 N–H and O–H groups in total. The van der Waals surface area contributed by atoms with Crippen molar-refractivity contribution in [3.63, 3.8) is 0 Å². The Bertz CT molecular complexity index is 2520. The predicted molar refractivity (Wildman–Crippen MR) is 273 cm³/mol. The lowest BCUT2D eigenvalue weighted by atomic mass is 9.81. The van der Waals surface area contributed by atoms with E-state index in [0.717, 1.165) is 116 Å². The summed E-state index contributed by atoms with van der Waals surface area (Å²) in [5.41, 5.74) is 5.67. The van der Waals surface area contributed by atoms with Gasteiger partial charge in [0, 0.05) is 39.8 Å². The molecule has 9 nitrogen and oxygen atoms in total. The second kappa shape index (κ2) is 28.3. The number of hydrogen-bond donors (Lipinski definition) is 0. The van der Waals surface area contributed by atoms with Gasteiger partial charge in [-0.05, 0) is 136 Å². The first kappa shape index (κ1) is 51.3. The third-order valence-corrected chi connectivity index (χ3v) is 11.9. The van der Waals surface area contributed by atoms with E-state index in [1.54, 1.807) is 12.1 Å². The number of benzene rings is 3. The summed E-state index contributed by atoms with van der Waals surface area (Å²) in [5, 5.41) is 0. The van der Waals surface area contributed by atoms with E-state index in [-0.39, 0.29) is 29.8 Å². The Balaban J connectivity index is 1.10. The maximum absolute atomic E-state index is 12.7. The fourth-order valence-electron chi connectivity index (χ4n) is 7.91. The Morgan fingerprint density at radius 1 is 0.681 bits per heavy atom. The number of rotatable bonds is 24. The lowest BCUT2D eigenvalue weighted by Gasteiger charge is -2.30. The molecule has 0 amide bonds. The first-order valence-electron chi connectivity index (χ1n) is 24.6. The summed E-state index contributed by atoms with van der Waals surface area (Å²) in [4.78, 5) is 41.7. The molecule has 6 rings (SSSR count). The lowest BCUT2D eigenvalue weighted by Crippen LogP contribution is -2.28. The minimum atomic E-state index is -0.417. The molecule has 3 aliphatic rings. The van der Waals surface area contributed by atoms with Gasteiger partial charge in [0.25, 0.3) is 0 Å². The number of hydrogen-bond acceptors (Lipinski definition) is 9. The molecule has 0 spiro atoms. The zero-order valence-electron chi connectivity index (χ0n) is 40.1. The van der Waals surface area contributed by atoms with Gasteiger partial charge in [-0.2, -0.15) is 0 Å². The largest absolute Gasteiger partial charge is 0.494 e. The van der Waals surface area contributed by atoms with Crippen molar-refractivity contribution < 1.29 is 38.1 Å². The zero-order chi connectivity index (χ0) is 48.5. The van der Waals surface area contributed by atoms with Crippen molar-refractivity contribution in [2.75, 3.05) is 26.4 Å². The van der Waals surface area contributed by atoms with Crippen LogP contribution in [0.1, 0.15) is 135 Å². The van der Waals surface area contributed by atoms with Crippen LogP contribution in [-0.4, -0.2) is 56.3 Å². The first-order chi connectivity index (χ1) is 33.8. The van der Waals surface area contributed by atoms with Crippen molar-refractivity contribution in [2.24, 2.45) is 10.9 Å². The molecule has 2 aliphatic carbocycles. The Labute approximate surface area is 409 Å². The minimum Gasteiger partial charge on any atom is -0.494 e. The van der Waals surface area contributed by atoms with Crippen molar-refractivity contribution in [3.8, 4) is 35.2 Å². The average molecular weight is 928 g/mol. The highest BCUT2D eigenvalue weighted by atomic mass is 16.5. The van der Waals surface area contributed by atoms with E-state index in [0.29, 0.717) is 50.1 Å². The number of ether oxygens (including phenoxy) is 5. The van der Waals surface area contributed by atoms with Crippen molar-refractivity contribution in [2.45, 2.75) is 109 Å². The van der Waals surface area contributed by atoms with Crippen LogP contribution in [0.4, 0.5) is 0 Å². The van der Waals surface area contributed by atoms with Gasteiger partial charge < -0.3 is 23.7 Å². The Morgan fingerprint density at radius 2 is 1.33 bits per heavy atom. The van der Waals surface area contributed by atoms with Crippen LogP contribution < -0.4 is 9.47 Å². The van der Waals surface area contributed by atoms with Crippen molar-refractivity contribution in [3.05, 3.63) is 167 Å². The molecule has 69 heavy (non-hydrogen) atoms. The molecule has 3 aromatic carbocycles. The number of aliphatic imine (C=N–C) groups is 1. The molecular weight excluding hydrogens is 863 g/mol. The van der Waals surface area contributed by atoms with Crippen LogP contribution in [0, 0.1) is 29.6 Å². The molecule has 0 radical (unpaired) electrons. The van der Waals surface area contributed by atoms with Crippen LogP contribution in [0.2, 0.25) is 0 Å². The summed E-state index contributed by atoms with van der Waals surface area (Å²) in [7, 11) is 0. The molecule has 1 heterocycles. The number of carbonyl (C=O) groups excluding carboxylic acids is 3. The molecule has 3 atom stereocenters. The fourth-order valence-corrected chi connectivity index (χ4v) is 7.91. The fraction of sp³-hybridized carbons (Fsp3) is 0.367. The van der Waals surface area contributed by atoms with Gasteiger partial charge in [0.15, 0.2) is 0 Å². The van der Waals surface area contributed by atoms with Gasteiger partial charge in [-0.3, -0.25) is 4.79 Å². The molecule has 1 aliphatic heterocycles. The molecule has 9 heteroatoms. The molecule has 358 valence electrons. The highest BCUT2D eigenvalue weighted by Crippen LogP contribution is 2.37. The van der Waals surface area contributed by atoms with Gasteiger partial charge >= 0.3 is 17.9 Å². The van der Waals surface area contributed by atoms with Gasteiger partial charge in [-0.1, -0.05) is 106 Å². The van der Waals surface area contributed by atoms with Crippen LogP contribution in [0.3, 0.4) is 0 Å². The number of allylic oxidation sites excluding steroid dienone is 6. The normalized spacial score (nSPS) is 16.3. The van der Waals surface area contributed by atoms with E-state index in [2.05, 4.69) is 62.0 Å². The standard InChI is InChI=1S/C60H65NO8/c1-4-7-9-11-12-17-41-67-59(63)49-29-23-45(24-30-49)19-21-47-27-37-53-54-38-28-48(22-20-46-25-31-50(32-26-46)60(64)68-42-18-14-13-16-40-66-57(62)6-3)44-56(54)61-58(55(53)43-47)69-52-35-33-51(34-36-52)65-39-15-10-8-5-2/h4,6,23-29,31-38,43-44,49,54,56H,1,3,5,7-18,30,39-42H2,2H3. The smallest absolute Gasteiger partial charge is 0.338 e. The molecule has 0 bridgehead atoms. The highest BCUT2D eigenvalue weighted by Gasteiger charge is 2.32. The summed E-state index contributed by atoms with van der Waals surface area (Å²) < 4.78 is 28.6. The quantitative estimate of drug-likeness (QED) is 0.0218. The number of esters is 3. The van der Waals surface area contributed by atoms with Gasteiger partial charge in [0.05, 0.1) is 44.0 Å². The van der Waals surface area contributed by atoms with Gasteiger partial charge in [0.2, 0.25) is 5.90 Å². The van der Waals surface area contributed by atoms with E-state index in [1.807, 2.05) is 78.9 Å². The summed E-state index contributed by atoms with van der Waals surface area (Å²) in [6, 6.07) is 20.7. The van der Waals surface area contributed by atoms with E-state index in [4.69, 9.17) is 28.7 Å². The third-order valence-electron chi connectivity index (χ3n) is 11.9. The second-order valence-corrected chi connectivity index (χ2v) is 17.2. The highest BCUT2D eigenvalue weighted by molar-refractivity contribution is 5.99. The average Bonchev–Trinajstić information content (AvgIpc) is 3.38. The van der Waals surface area contributed by atoms with Crippen LogP contribution in [0.5, 0.6) is 11.5 Å². The molecule has 0 fully saturated rings. The maximum atomic E-state index is 12.7. The number of fused-ring (bicyclic) bond motifs is 3. The maximum Gasteiger partial charge on any atom is 0.338 e. The number of carbonyl (C=O) groups is 3. The summed E-state index contributed by atoms with van der Waals surface area (Å²) in [6.07, 6.45) is 28.7. The van der Waals surface area contributed by atoms with Crippen molar-refractivity contribution in [1.29, 1.82) is 0 Å². The second-order valence-electron chi connectivity index (χ2n) is 17.2. The zero-order valence-corrected chi connectivity index (χ0v) is 40.1. The SMILES string of the molecule is C=CCCCCCCOC(=O)C1C=CC(C#Cc2ccc3c(c2)C(Oc2ccc(OCCCCCC)cc2)=NC2C=C(C#Cc4ccc(C(=O)OCCCCCCOC(=O)C=C)cc4)C=CC32)=CC1. The number of unbranched alkanes of at least 4 members (excludes halogenated alkanes) is 10. The van der Waals surface area contributed by atoms with E-state index >= 15 is 0 Å². The Hall–Kier alpha value is -7.10. The topological polar surface area (TPSA) is 110 Å². The summed E-state index contributed by atoms with van der Waals surface area (Å²) >= 11 is 0. The molecule has 3 aromatic rings. The molecule has 0 aromatic heterocycles. The van der Waals surface area contributed by atoms with E-state index in [9.17, 15) is 14.4 Å². The molecule has 0 saturated carbocycles. The van der Waals surface area contributed by atoms with Crippen molar-refractivity contribution in [1.82, 2.24) is 0 Å². The third kappa shape index (κ3) is 16.9. The molecule has 0 saturated heterocycles. The summed E-state index contributed by atoms with van der Waals surface area (Å²) in [5.74, 6) is 13.8. The first-order valence-corrected chi connectivity index (χ1v) is 24.6. The van der Waals surface area contributed by atoms with Crippen LogP contribution >= 0.6 is 0 Å². The molecular formula is C60H65NO8. The van der Waals surface area contributed by atoms with Crippen LogP contribution in [0.15, 0.2) is 145 Å². The van der Waals surface area contributed by atoms with Crippen molar-refractivity contribution >= 4 is 23.8 Å². The van der Waals surface area contributed by atoms with E-state index < -0.39 is 5.97 Å². The van der Waals surface area contributed by atoms with Crippen LogP contribution in [-0.2, 0) is 23.8 Å². The lowest BCUT2D eigenvalue weighted by molar-refractivity contribution is -0.147. The predicted octanol–water partition coefficient (Wildman–Crippen LogP) is 12.5. The Kier molecular flexibility index (Phi) is 21.0. The minimum absolute atomic E-state index is 0.0337. The van der Waals surface area contributed by atoms with Gasteiger partial charge in [-0.15, -0.1) is 6.58 Å². The van der Waals surface area contributed by atoms with Gasteiger partial charge in [0.1, 0.15) is 11.5 Å². The summed E-state index contributed by atoms with van der Waals surface area (Å²) in [6.45, 7) is 11.2. The van der Waals surface area contributed by atoms with Gasteiger partial charge in [-0.25, -0.2) is 14.6 Å². The molecule has 3 unspecified atom stereocenters. The van der Waals surface area contributed by atoms with Crippen LogP contribution in [0.25, 0.3) is 0 Å². The Morgan fingerprint density at radius 3 is 2.06 bits per heavy atom. The number of nitrogens with zero attached hydrogens (tertiary/aromatic N) is 1. The van der Waals surface area contributed by atoms with E-state index in [1.165, 1.54) is 12.8 Å².